The molecule has 1 amide bonds. The van der Waals surface area contributed by atoms with Gasteiger partial charge in [0.1, 0.15) is 11.3 Å². The minimum atomic E-state index is -0.403. The van der Waals surface area contributed by atoms with Crippen molar-refractivity contribution in [1.82, 2.24) is 15.2 Å². The van der Waals surface area contributed by atoms with Crippen molar-refractivity contribution in [3.63, 3.8) is 0 Å². The number of amides is 1. The maximum Gasteiger partial charge on any atom is 0.257 e. The van der Waals surface area contributed by atoms with Crippen molar-refractivity contribution in [3.8, 4) is 5.75 Å². The molecule has 0 aliphatic rings. The molecule has 2 N–H and O–H groups in total. The minimum Gasteiger partial charge on any atom is -0.492 e. The van der Waals surface area contributed by atoms with Gasteiger partial charge in [0.05, 0.1) is 17.5 Å². The summed E-state index contributed by atoms with van der Waals surface area (Å²) in [5.74, 6) is 0.194. The number of hydrogen-bond donors (Lipinski definition) is 2. The summed E-state index contributed by atoms with van der Waals surface area (Å²) < 4.78 is 5.57. The standard InChI is InChI=1S/C29H31N3O3/c1-3-35-26-11-7-10-24-27(26)30-19-25(28(24)33)29(34)31-18-22-12-14-23(15-13-22)20-32(2)17-16-21-8-5-4-6-9-21/h4-15,19H,3,16-18,20H2,1-2H3,(H,30,33)(H,31,34). The minimum absolute atomic E-state index is 0.0859. The van der Waals surface area contributed by atoms with Crippen molar-refractivity contribution in [3.05, 3.63) is 111 Å². The largest absolute Gasteiger partial charge is 0.492 e. The SMILES string of the molecule is CCOc1cccc2c(=O)c(C(=O)NCc3ccc(CN(C)CCc4ccccc4)cc3)c[nH]c12. The molecule has 0 atom stereocenters. The maximum absolute atomic E-state index is 12.9. The van der Waals surface area contributed by atoms with E-state index in [9.17, 15) is 9.59 Å². The first kappa shape index (κ1) is 24.2. The van der Waals surface area contributed by atoms with Crippen molar-refractivity contribution < 1.29 is 9.53 Å². The van der Waals surface area contributed by atoms with Gasteiger partial charge in [0.2, 0.25) is 5.43 Å². The highest BCUT2D eigenvalue weighted by molar-refractivity contribution is 5.97. The van der Waals surface area contributed by atoms with Crippen LogP contribution in [0.15, 0.2) is 83.8 Å². The van der Waals surface area contributed by atoms with Crippen LogP contribution in [0.5, 0.6) is 5.75 Å². The number of aromatic amines is 1. The molecule has 35 heavy (non-hydrogen) atoms. The van der Waals surface area contributed by atoms with Crippen LogP contribution in [0.4, 0.5) is 0 Å². The molecule has 0 aliphatic heterocycles. The molecule has 6 nitrogen and oxygen atoms in total. The highest BCUT2D eigenvalue weighted by Crippen LogP contribution is 2.21. The van der Waals surface area contributed by atoms with Crippen molar-refractivity contribution in [2.75, 3.05) is 20.2 Å². The van der Waals surface area contributed by atoms with Gasteiger partial charge in [-0.25, -0.2) is 0 Å². The fourth-order valence-corrected chi connectivity index (χ4v) is 4.06. The van der Waals surface area contributed by atoms with Crippen LogP contribution in [0.3, 0.4) is 0 Å². The van der Waals surface area contributed by atoms with Gasteiger partial charge >= 0.3 is 0 Å². The normalized spacial score (nSPS) is 11.1. The first-order chi connectivity index (χ1) is 17.0. The topological polar surface area (TPSA) is 74.4 Å². The molecule has 4 aromatic rings. The Hall–Kier alpha value is -3.90. The molecule has 0 radical (unpaired) electrons. The average Bonchev–Trinajstić information content (AvgIpc) is 2.88. The summed E-state index contributed by atoms with van der Waals surface area (Å²) in [6.07, 6.45) is 2.47. The number of ether oxygens (including phenoxy) is 1. The van der Waals surface area contributed by atoms with Gasteiger partial charge < -0.3 is 19.9 Å². The molecule has 0 saturated heterocycles. The molecule has 1 aromatic heterocycles. The van der Waals surface area contributed by atoms with Crippen molar-refractivity contribution in [2.24, 2.45) is 0 Å². The fraction of sp³-hybridized carbons (Fsp3) is 0.241. The van der Waals surface area contributed by atoms with E-state index < -0.39 is 5.91 Å². The van der Waals surface area contributed by atoms with Gasteiger partial charge in [-0.1, -0.05) is 60.7 Å². The summed E-state index contributed by atoms with van der Waals surface area (Å²) in [4.78, 5) is 31.0. The van der Waals surface area contributed by atoms with Gasteiger partial charge in [-0.15, -0.1) is 0 Å². The Bertz CT molecular complexity index is 1330. The summed E-state index contributed by atoms with van der Waals surface area (Å²) in [5, 5.41) is 3.29. The summed E-state index contributed by atoms with van der Waals surface area (Å²) >= 11 is 0. The molecule has 0 fully saturated rings. The second-order valence-corrected chi connectivity index (χ2v) is 8.62. The van der Waals surface area contributed by atoms with Gasteiger partial charge in [0.25, 0.3) is 5.91 Å². The molecule has 0 saturated carbocycles. The van der Waals surface area contributed by atoms with E-state index in [4.69, 9.17) is 4.74 Å². The van der Waals surface area contributed by atoms with E-state index in [0.29, 0.717) is 29.8 Å². The zero-order chi connectivity index (χ0) is 24.6. The van der Waals surface area contributed by atoms with Crippen LogP contribution in [0.2, 0.25) is 0 Å². The number of carbonyl (C=O) groups is 1. The Kier molecular flexibility index (Phi) is 7.95. The lowest BCUT2D eigenvalue weighted by Gasteiger charge is -2.17. The number of rotatable bonds is 10. The van der Waals surface area contributed by atoms with Gasteiger partial charge in [0.15, 0.2) is 0 Å². The third kappa shape index (κ3) is 6.16. The number of nitrogens with one attached hydrogen (secondary N) is 2. The van der Waals surface area contributed by atoms with Crippen LogP contribution in [0.1, 0.15) is 34.0 Å². The molecule has 4 rings (SSSR count). The quantitative estimate of drug-likeness (QED) is 0.358. The van der Waals surface area contributed by atoms with Crippen LogP contribution in [-0.2, 0) is 19.5 Å². The monoisotopic (exact) mass is 469 g/mol. The highest BCUT2D eigenvalue weighted by Gasteiger charge is 2.14. The van der Waals surface area contributed by atoms with E-state index in [0.717, 1.165) is 25.1 Å². The van der Waals surface area contributed by atoms with E-state index in [1.54, 1.807) is 18.2 Å². The molecule has 1 heterocycles. The zero-order valence-corrected chi connectivity index (χ0v) is 20.2. The number of para-hydroxylation sites is 1. The lowest BCUT2D eigenvalue weighted by Crippen LogP contribution is -2.28. The summed E-state index contributed by atoms with van der Waals surface area (Å²) in [7, 11) is 2.12. The van der Waals surface area contributed by atoms with Crippen molar-refractivity contribution in [2.45, 2.75) is 26.4 Å². The number of nitrogens with zero attached hydrogens (tertiary/aromatic N) is 1. The van der Waals surface area contributed by atoms with Crippen LogP contribution in [-0.4, -0.2) is 36.0 Å². The summed E-state index contributed by atoms with van der Waals surface area (Å²) in [6.45, 7) is 4.56. The fourth-order valence-electron chi connectivity index (χ4n) is 4.06. The number of likely N-dealkylation sites (N-methyl/N-ethyl adjacent to an activating group) is 1. The van der Waals surface area contributed by atoms with Gasteiger partial charge in [-0.3, -0.25) is 9.59 Å². The Morgan fingerprint density at radius 2 is 1.69 bits per heavy atom. The van der Waals surface area contributed by atoms with E-state index in [1.165, 1.54) is 17.3 Å². The smallest absolute Gasteiger partial charge is 0.257 e. The van der Waals surface area contributed by atoms with Gasteiger partial charge in [-0.05, 0) is 49.2 Å². The molecule has 6 heteroatoms. The van der Waals surface area contributed by atoms with Crippen LogP contribution < -0.4 is 15.5 Å². The zero-order valence-electron chi connectivity index (χ0n) is 20.2. The van der Waals surface area contributed by atoms with Crippen LogP contribution in [0.25, 0.3) is 10.9 Å². The highest BCUT2D eigenvalue weighted by atomic mass is 16.5. The second kappa shape index (κ2) is 11.5. The van der Waals surface area contributed by atoms with Gasteiger partial charge in [-0.2, -0.15) is 0 Å². The third-order valence-corrected chi connectivity index (χ3v) is 5.97. The Morgan fingerprint density at radius 1 is 0.943 bits per heavy atom. The average molecular weight is 470 g/mol. The Morgan fingerprint density at radius 3 is 2.43 bits per heavy atom. The lowest BCUT2D eigenvalue weighted by atomic mass is 10.1. The van der Waals surface area contributed by atoms with Crippen LogP contribution in [0, 0.1) is 0 Å². The molecule has 0 unspecified atom stereocenters. The van der Waals surface area contributed by atoms with Crippen LogP contribution >= 0.6 is 0 Å². The van der Waals surface area contributed by atoms with Crippen molar-refractivity contribution in [1.29, 1.82) is 0 Å². The van der Waals surface area contributed by atoms with Crippen molar-refractivity contribution >= 4 is 16.8 Å². The van der Waals surface area contributed by atoms with Gasteiger partial charge in [0, 0.05) is 25.8 Å². The predicted octanol–water partition coefficient (Wildman–Crippen LogP) is 4.53. The maximum atomic E-state index is 12.9. The van der Waals surface area contributed by atoms with E-state index in [2.05, 4.69) is 58.6 Å². The lowest BCUT2D eigenvalue weighted by molar-refractivity contribution is 0.0949. The number of carbonyl (C=O) groups excluding carboxylic acids is 1. The molecule has 0 spiro atoms. The first-order valence-corrected chi connectivity index (χ1v) is 11.9. The summed E-state index contributed by atoms with van der Waals surface area (Å²) in [5.41, 5.74) is 3.90. The molecule has 0 bridgehead atoms. The molecule has 3 aromatic carbocycles. The van der Waals surface area contributed by atoms with E-state index in [-0.39, 0.29) is 11.0 Å². The molecule has 0 aliphatic carbocycles. The third-order valence-electron chi connectivity index (χ3n) is 5.97. The predicted molar refractivity (Wildman–Crippen MR) is 140 cm³/mol. The number of H-pyrrole nitrogens is 1. The Labute approximate surface area is 205 Å². The number of pyridine rings is 1. The summed E-state index contributed by atoms with van der Waals surface area (Å²) in [6, 6.07) is 23.9. The number of benzene rings is 3. The first-order valence-electron chi connectivity index (χ1n) is 11.9. The molecular formula is C29H31N3O3. The van der Waals surface area contributed by atoms with E-state index >= 15 is 0 Å². The number of hydrogen-bond acceptors (Lipinski definition) is 4. The molecule has 180 valence electrons. The second-order valence-electron chi connectivity index (χ2n) is 8.62. The Balaban J connectivity index is 1.33. The van der Waals surface area contributed by atoms with E-state index in [1.807, 2.05) is 25.1 Å². The number of aromatic nitrogens is 1. The number of fused-ring (bicyclic) bond motifs is 1. The molecular weight excluding hydrogens is 438 g/mol.